The van der Waals surface area contributed by atoms with Crippen molar-refractivity contribution in [2.75, 3.05) is 30.7 Å². The van der Waals surface area contributed by atoms with E-state index in [1.807, 2.05) is 0 Å². The number of rotatable bonds is 5. The minimum Gasteiger partial charge on any atom is -0.399 e. The summed E-state index contributed by atoms with van der Waals surface area (Å²) in [5.41, 5.74) is 12.5. The number of piperidine rings is 1. The highest BCUT2D eigenvalue weighted by Gasteiger charge is 2.18. The van der Waals surface area contributed by atoms with E-state index in [0.29, 0.717) is 34.5 Å². The number of carbonyl (C=O) groups excluding carboxylic acids is 1. The van der Waals surface area contributed by atoms with Gasteiger partial charge in [0.15, 0.2) is 0 Å². The van der Waals surface area contributed by atoms with Crippen molar-refractivity contribution in [2.45, 2.75) is 32.2 Å². The number of nitrogen functional groups attached to an aromatic ring is 1. The minimum absolute atomic E-state index is 0.339. The number of anilines is 2. The Bertz CT molecular complexity index is 515. The topological polar surface area (TPSA) is 84.4 Å². The first-order chi connectivity index (χ1) is 9.99. The summed E-state index contributed by atoms with van der Waals surface area (Å²) in [7, 11) is 0. The molecule has 1 heterocycles. The fraction of sp³-hybridized carbons (Fsp3) is 0.533. The van der Waals surface area contributed by atoms with Crippen LogP contribution in [0.25, 0.3) is 0 Å². The summed E-state index contributed by atoms with van der Waals surface area (Å²) >= 11 is 6.18. The molecule has 0 radical (unpaired) electrons. The Labute approximate surface area is 130 Å². The Morgan fingerprint density at radius 1 is 1.38 bits per heavy atom. The van der Waals surface area contributed by atoms with E-state index < -0.39 is 5.91 Å². The molecule has 0 bridgehead atoms. The molecular weight excluding hydrogens is 288 g/mol. The van der Waals surface area contributed by atoms with Gasteiger partial charge in [0, 0.05) is 18.3 Å². The van der Waals surface area contributed by atoms with Gasteiger partial charge in [0.25, 0.3) is 5.91 Å². The molecule has 0 aromatic heterocycles. The Hall–Kier alpha value is -1.46. The highest BCUT2D eigenvalue weighted by Crippen LogP contribution is 2.29. The molecule has 2 rings (SSSR count). The van der Waals surface area contributed by atoms with Crippen LogP contribution >= 0.6 is 11.6 Å². The third-order valence-corrected chi connectivity index (χ3v) is 4.26. The number of carbonyl (C=O) groups is 1. The lowest BCUT2D eigenvalue weighted by Gasteiger charge is -2.32. The normalized spacial score (nSPS) is 17.4. The lowest BCUT2D eigenvalue weighted by Crippen LogP contribution is -2.41. The van der Waals surface area contributed by atoms with Gasteiger partial charge >= 0.3 is 0 Å². The van der Waals surface area contributed by atoms with Crippen LogP contribution in [0, 0.1) is 0 Å². The van der Waals surface area contributed by atoms with Crippen molar-refractivity contribution in [1.29, 1.82) is 0 Å². The second-order valence-electron chi connectivity index (χ2n) is 5.62. The molecule has 5 N–H and O–H groups in total. The van der Waals surface area contributed by atoms with E-state index in [4.69, 9.17) is 23.1 Å². The fourth-order valence-electron chi connectivity index (χ4n) is 2.74. The largest absolute Gasteiger partial charge is 0.399 e. The van der Waals surface area contributed by atoms with Gasteiger partial charge in [0.2, 0.25) is 0 Å². The molecule has 1 fully saturated rings. The van der Waals surface area contributed by atoms with Crippen molar-refractivity contribution >= 4 is 28.9 Å². The van der Waals surface area contributed by atoms with E-state index in [2.05, 4.69) is 17.1 Å². The van der Waals surface area contributed by atoms with Crippen LogP contribution in [-0.4, -0.2) is 36.5 Å². The summed E-state index contributed by atoms with van der Waals surface area (Å²) in [5.74, 6) is -0.530. The molecule has 0 aliphatic carbocycles. The number of likely N-dealkylation sites (tertiary alicyclic amines) is 1. The zero-order chi connectivity index (χ0) is 15.4. The Kier molecular flexibility index (Phi) is 5.31. The van der Waals surface area contributed by atoms with E-state index in [-0.39, 0.29) is 0 Å². The van der Waals surface area contributed by atoms with Gasteiger partial charge < -0.3 is 16.8 Å². The summed E-state index contributed by atoms with van der Waals surface area (Å²) in [5, 5.41) is 3.68. The average molecular weight is 311 g/mol. The van der Waals surface area contributed by atoms with Crippen molar-refractivity contribution in [3.63, 3.8) is 0 Å². The number of hydrogen-bond donors (Lipinski definition) is 3. The summed E-state index contributed by atoms with van der Waals surface area (Å²) in [6.45, 7) is 5.14. The molecule has 1 saturated heterocycles. The summed E-state index contributed by atoms with van der Waals surface area (Å²) in [6, 6.07) is 3.56. The van der Waals surface area contributed by atoms with Crippen LogP contribution in [-0.2, 0) is 0 Å². The van der Waals surface area contributed by atoms with Crippen molar-refractivity contribution < 1.29 is 4.79 Å². The van der Waals surface area contributed by atoms with Crippen LogP contribution in [0.5, 0.6) is 0 Å². The van der Waals surface area contributed by atoms with Gasteiger partial charge in [-0.05, 0) is 45.0 Å². The van der Waals surface area contributed by atoms with Crippen LogP contribution in [0.1, 0.15) is 36.5 Å². The summed E-state index contributed by atoms with van der Waals surface area (Å²) < 4.78 is 0. The Balaban J connectivity index is 2.07. The van der Waals surface area contributed by atoms with E-state index in [9.17, 15) is 4.79 Å². The van der Waals surface area contributed by atoms with Crippen molar-refractivity contribution in [1.82, 2.24) is 4.90 Å². The molecule has 5 nitrogen and oxygen atoms in total. The van der Waals surface area contributed by atoms with Crippen LogP contribution < -0.4 is 16.8 Å². The number of primary amides is 1. The fourth-order valence-corrected chi connectivity index (χ4v) is 3.03. The number of benzene rings is 1. The lowest BCUT2D eigenvalue weighted by atomic mass is 10.1. The first kappa shape index (κ1) is 15.9. The van der Waals surface area contributed by atoms with Crippen LogP contribution in [0.3, 0.4) is 0 Å². The van der Waals surface area contributed by atoms with Crippen LogP contribution in [0.4, 0.5) is 11.4 Å². The van der Waals surface area contributed by atoms with Crippen LogP contribution in [0.2, 0.25) is 5.02 Å². The van der Waals surface area contributed by atoms with Gasteiger partial charge in [-0.25, -0.2) is 0 Å². The van der Waals surface area contributed by atoms with E-state index in [1.165, 1.54) is 19.3 Å². The average Bonchev–Trinajstić information content (AvgIpc) is 2.46. The maximum atomic E-state index is 11.5. The molecule has 1 aromatic carbocycles. The SMILES string of the molecule is CC(CNc1c(Cl)cc(N)cc1C(N)=O)N1CCCCC1. The number of nitrogens with two attached hydrogens (primary N) is 2. The minimum atomic E-state index is -0.530. The summed E-state index contributed by atoms with van der Waals surface area (Å²) in [6.07, 6.45) is 3.81. The molecule has 0 saturated carbocycles. The third kappa shape index (κ3) is 4.02. The predicted octanol–water partition coefficient (Wildman–Crippen LogP) is 2.31. The molecule has 116 valence electrons. The Morgan fingerprint density at radius 3 is 2.67 bits per heavy atom. The van der Waals surface area contributed by atoms with E-state index in [0.717, 1.165) is 13.1 Å². The lowest BCUT2D eigenvalue weighted by molar-refractivity contribution is 0.100. The van der Waals surface area contributed by atoms with Gasteiger partial charge in [-0.15, -0.1) is 0 Å². The second-order valence-corrected chi connectivity index (χ2v) is 6.02. The molecule has 1 aliphatic heterocycles. The monoisotopic (exact) mass is 310 g/mol. The van der Waals surface area contributed by atoms with Crippen molar-refractivity contribution in [3.8, 4) is 0 Å². The van der Waals surface area contributed by atoms with E-state index >= 15 is 0 Å². The number of nitrogens with zero attached hydrogens (tertiary/aromatic N) is 1. The maximum absolute atomic E-state index is 11.5. The molecule has 1 unspecified atom stereocenters. The third-order valence-electron chi connectivity index (χ3n) is 3.97. The van der Waals surface area contributed by atoms with E-state index in [1.54, 1.807) is 12.1 Å². The zero-order valence-electron chi connectivity index (χ0n) is 12.4. The highest BCUT2D eigenvalue weighted by molar-refractivity contribution is 6.34. The zero-order valence-corrected chi connectivity index (χ0v) is 13.1. The number of nitrogens with one attached hydrogen (secondary N) is 1. The molecule has 21 heavy (non-hydrogen) atoms. The molecule has 1 atom stereocenters. The van der Waals surface area contributed by atoms with Crippen LogP contribution in [0.15, 0.2) is 12.1 Å². The van der Waals surface area contributed by atoms with Gasteiger partial charge in [-0.1, -0.05) is 18.0 Å². The highest BCUT2D eigenvalue weighted by atomic mass is 35.5. The molecular formula is C15H23ClN4O. The number of hydrogen-bond acceptors (Lipinski definition) is 4. The smallest absolute Gasteiger partial charge is 0.250 e. The first-order valence-corrected chi connectivity index (χ1v) is 7.73. The number of amides is 1. The second kappa shape index (κ2) is 7.00. The Morgan fingerprint density at radius 2 is 2.05 bits per heavy atom. The molecule has 1 aromatic rings. The van der Waals surface area contributed by atoms with Gasteiger partial charge in [0.1, 0.15) is 0 Å². The molecule has 1 amide bonds. The summed E-state index contributed by atoms with van der Waals surface area (Å²) in [4.78, 5) is 14.0. The van der Waals surface area contributed by atoms with Crippen molar-refractivity contribution in [3.05, 3.63) is 22.7 Å². The number of halogens is 1. The molecule has 6 heteroatoms. The first-order valence-electron chi connectivity index (χ1n) is 7.35. The van der Waals surface area contributed by atoms with Crippen molar-refractivity contribution in [2.24, 2.45) is 5.73 Å². The maximum Gasteiger partial charge on any atom is 0.250 e. The predicted molar refractivity (Wildman–Crippen MR) is 87.8 cm³/mol. The molecule has 1 aliphatic rings. The van der Waals surface area contributed by atoms with Gasteiger partial charge in [-0.3, -0.25) is 9.69 Å². The van der Waals surface area contributed by atoms with Gasteiger partial charge in [-0.2, -0.15) is 0 Å². The van der Waals surface area contributed by atoms with Gasteiger partial charge in [0.05, 0.1) is 16.3 Å². The molecule has 0 spiro atoms. The standard InChI is InChI=1S/C15H23ClN4O/c1-10(20-5-3-2-4-6-20)9-19-14-12(15(18)21)7-11(17)8-13(14)16/h7-8,10,19H,2-6,9,17H2,1H3,(H2,18,21). The quantitative estimate of drug-likeness (QED) is 0.729.